The number of ether oxygens (including phenoxy) is 2. The van der Waals surface area contributed by atoms with Crippen LogP contribution in [0.2, 0.25) is 5.02 Å². The van der Waals surface area contributed by atoms with E-state index in [4.69, 9.17) is 21.1 Å². The van der Waals surface area contributed by atoms with Gasteiger partial charge in [-0.15, -0.1) is 4.68 Å². The van der Waals surface area contributed by atoms with Gasteiger partial charge in [0.2, 0.25) is 0 Å². The molecule has 2 unspecified atom stereocenters. The number of rotatable bonds is 7. The maximum atomic E-state index is 13.0. The topological polar surface area (TPSA) is 82.8 Å². The molecule has 1 aromatic heterocycles. The molecule has 8 heteroatoms. The molecular weight excluding hydrogens is 406 g/mol. The van der Waals surface area contributed by atoms with Crippen LogP contribution in [0.15, 0.2) is 35.5 Å². The van der Waals surface area contributed by atoms with Gasteiger partial charge in [0.05, 0.1) is 19.4 Å². The molecule has 2 heterocycles. The van der Waals surface area contributed by atoms with E-state index in [2.05, 4.69) is 10.1 Å². The van der Waals surface area contributed by atoms with E-state index >= 15 is 0 Å². The van der Waals surface area contributed by atoms with Crippen molar-refractivity contribution in [2.24, 2.45) is 10.9 Å². The Bertz CT molecular complexity index is 954. The van der Waals surface area contributed by atoms with Crippen LogP contribution in [-0.2, 0) is 14.3 Å². The fourth-order valence-electron chi connectivity index (χ4n) is 3.69. The average molecular weight is 432 g/mol. The highest BCUT2D eigenvalue weighted by Crippen LogP contribution is 2.45. The first-order valence-electron chi connectivity index (χ1n) is 10.3. The summed E-state index contributed by atoms with van der Waals surface area (Å²) in [5.41, 5.74) is 2.07. The van der Waals surface area contributed by atoms with Crippen LogP contribution in [0, 0.1) is 5.92 Å². The van der Waals surface area contributed by atoms with Gasteiger partial charge in [0.1, 0.15) is 5.92 Å². The van der Waals surface area contributed by atoms with E-state index in [9.17, 15) is 9.59 Å². The van der Waals surface area contributed by atoms with Crippen LogP contribution in [0.25, 0.3) is 0 Å². The second kappa shape index (κ2) is 9.89. The summed E-state index contributed by atoms with van der Waals surface area (Å²) in [6, 6.07) is 7.37. The average Bonchev–Trinajstić information content (AvgIpc) is 3.15. The molecule has 2 atom stereocenters. The van der Waals surface area contributed by atoms with E-state index in [1.165, 1.54) is 0 Å². The Balaban J connectivity index is 2.18. The Kier molecular flexibility index (Phi) is 7.26. The first-order valence-corrected chi connectivity index (χ1v) is 10.6. The third-order valence-electron chi connectivity index (χ3n) is 4.94. The van der Waals surface area contributed by atoms with Gasteiger partial charge in [-0.3, -0.25) is 4.79 Å². The lowest BCUT2D eigenvalue weighted by Gasteiger charge is -2.31. The molecular formula is C22H26ClN3O4. The summed E-state index contributed by atoms with van der Waals surface area (Å²) in [5, 5.41) is 4.76. The van der Waals surface area contributed by atoms with Crippen LogP contribution < -0.4 is 0 Å². The standard InChI is InChI=1S/C22H26ClN3O4/c1-4-9-17-19(21(27)29-6-3)18(14-10-7-8-11-16(14)23)15-13-24-26(20(15)25-17)22(28)30-12-5-2/h7-8,10-11,13,18-19H,4-6,9,12H2,1-3H3. The van der Waals surface area contributed by atoms with Crippen molar-refractivity contribution in [2.45, 2.75) is 46.0 Å². The maximum Gasteiger partial charge on any atom is 0.436 e. The molecule has 0 amide bonds. The zero-order chi connectivity index (χ0) is 21.7. The molecule has 0 aliphatic carbocycles. The minimum Gasteiger partial charge on any atom is -0.465 e. The maximum absolute atomic E-state index is 13.0. The molecule has 0 spiro atoms. The predicted octanol–water partition coefficient (Wildman–Crippen LogP) is 5.13. The van der Waals surface area contributed by atoms with Gasteiger partial charge < -0.3 is 9.47 Å². The van der Waals surface area contributed by atoms with E-state index < -0.39 is 17.9 Å². The zero-order valence-electron chi connectivity index (χ0n) is 17.4. The fourth-order valence-corrected chi connectivity index (χ4v) is 3.95. The van der Waals surface area contributed by atoms with Crippen LogP contribution in [-0.4, -0.2) is 40.8 Å². The number of aromatic nitrogens is 2. The van der Waals surface area contributed by atoms with Gasteiger partial charge in [0, 0.05) is 22.2 Å². The molecule has 1 aliphatic heterocycles. The molecule has 0 saturated heterocycles. The number of carbonyl (C=O) groups excluding carboxylic acids is 2. The number of benzene rings is 1. The minimum atomic E-state index is -0.637. The fraction of sp³-hybridized carbons (Fsp3) is 0.455. The second-order valence-corrected chi connectivity index (χ2v) is 7.44. The number of esters is 1. The Hall–Kier alpha value is -2.67. The number of aliphatic imine (C=N–C) groups is 1. The molecule has 0 radical (unpaired) electrons. The lowest BCUT2D eigenvalue weighted by Crippen LogP contribution is -2.35. The van der Waals surface area contributed by atoms with E-state index in [0.717, 1.165) is 16.7 Å². The highest BCUT2D eigenvalue weighted by molar-refractivity contribution is 6.31. The van der Waals surface area contributed by atoms with Crippen LogP contribution in [0.4, 0.5) is 10.6 Å². The molecule has 2 aromatic rings. The smallest absolute Gasteiger partial charge is 0.436 e. The summed E-state index contributed by atoms with van der Waals surface area (Å²) in [5.74, 6) is -1.08. The Labute approximate surface area is 181 Å². The van der Waals surface area contributed by atoms with Crippen LogP contribution >= 0.6 is 11.6 Å². The molecule has 30 heavy (non-hydrogen) atoms. The van der Waals surface area contributed by atoms with Gasteiger partial charge in [0.15, 0.2) is 5.82 Å². The predicted molar refractivity (Wildman–Crippen MR) is 115 cm³/mol. The number of hydrogen-bond donors (Lipinski definition) is 0. The van der Waals surface area contributed by atoms with Gasteiger partial charge in [-0.25, -0.2) is 9.79 Å². The number of hydrogen-bond acceptors (Lipinski definition) is 6. The molecule has 0 saturated carbocycles. The second-order valence-electron chi connectivity index (χ2n) is 7.03. The molecule has 7 nitrogen and oxygen atoms in total. The van der Waals surface area contributed by atoms with Gasteiger partial charge in [0.25, 0.3) is 0 Å². The quantitative estimate of drug-likeness (QED) is 0.567. The summed E-state index contributed by atoms with van der Waals surface area (Å²) in [4.78, 5) is 30.2. The number of halogens is 1. The van der Waals surface area contributed by atoms with Crippen LogP contribution in [0.1, 0.15) is 57.1 Å². The summed E-state index contributed by atoms with van der Waals surface area (Å²) < 4.78 is 11.8. The molecule has 160 valence electrons. The zero-order valence-corrected chi connectivity index (χ0v) is 18.2. The largest absolute Gasteiger partial charge is 0.465 e. The number of fused-ring (bicyclic) bond motifs is 1. The summed E-state index contributed by atoms with van der Waals surface area (Å²) in [7, 11) is 0. The number of carbonyl (C=O) groups is 2. The van der Waals surface area contributed by atoms with Gasteiger partial charge >= 0.3 is 12.1 Å². The van der Waals surface area contributed by atoms with Crippen molar-refractivity contribution in [1.29, 1.82) is 0 Å². The van der Waals surface area contributed by atoms with Crippen LogP contribution in [0.3, 0.4) is 0 Å². The van der Waals surface area contributed by atoms with Crippen molar-refractivity contribution < 1.29 is 19.1 Å². The monoisotopic (exact) mass is 431 g/mol. The van der Waals surface area contributed by atoms with E-state index in [0.29, 0.717) is 41.6 Å². The minimum absolute atomic E-state index is 0.263. The van der Waals surface area contributed by atoms with Crippen molar-refractivity contribution in [3.8, 4) is 0 Å². The van der Waals surface area contributed by atoms with Crippen molar-refractivity contribution in [3.63, 3.8) is 0 Å². The lowest BCUT2D eigenvalue weighted by atomic mass is 9.76. The van der Waals surface area contributed by atoms with E-state index in [1.807, 2.05) is 32.0 Å². The Morgan fingerprint density at radius 1 is 1.10 bits per heavy atom. The Morgan fingerprint density at radius 3 is 2.53 bits per heavy atom. The van der Waals surface area contributed by atoms with Gasteiger partial charge in [-0.1, -0.05) is 50.1 Å². The molecule has 1 aliphatic rings. The summed E-state index contributed by atoms with van der Waals surface area (Å²) in [6.07, 6.45) is 3.04. The Morgan fingerprint density at radius 2 is 1.87 bits per heavy atom. The van der Waals surface area contributed by atoms with Crippen LogP contribution in [0.5, 0.6) is 0 Å². The van der Waals surface area contributed by atoms with E-state index in [1.54, 1.807) is 19.2 Å². The number of nitrogens with zero attached hydrogens (tertiary/aromatic N) is 3. The lowest BCUT2D eigenvalue weighted by molar-refractivity contribution is -0.146. The highest BCUT2D eigenvalue weighted by atomic mass is 35.5. The third kappa shape index (κ3) is 4.26. The molecule has 1 aromatic carbocycles. The van der Waals surface area contributed by atoms with Gasteiger partial charge in [-0.2, -0.15) is 5.10 Å². The summed E-state index contributed by atoms with van der Waals surface area (Å²) >= 11 is 6.52. The normalized spacial score (nSPS) is 17.8. The van der Waals surface area contributed by atoms with Crippen molar-refractivity contribution in [3.05, 3.63) is 46.6 Å². The van der Waals surface area contributed by atoms with Crippen molar-refractivity contribution in [1.82, 2.24) is 9.78 Å². The first-order chi connectivity index (χ1) is 14.5. The SMILES string of the molecule is CCCOC(=O)n1ncc2c1N=C(CCC)C(C(=O)OCC)C2c1ccccc1Cl. The van der Waals surface area contributed by atoms with Gasteiger partial charge in [-0.05, 0) is 31.4 Å². The molecule has 0 bridgehead atoms. The van der Waals surface area contributed by atoms with Crippen molar-refractivity contribution in [2.75, 3.05) is 13.2 Å². The molecule has 0 fully saturated rings. The summed E-state index contributed by atoms with van der Waals surface area (Å²) in [6.45, 7) is 6.26. The molecule has 3 rings (SSSR count). The van der Waals surface area contributed by atoms with Crippen molar-refractivity contribution >= 4 is 35.2 Å². The third-order valence-corrected chi connectivity index (χ3v) is 5.28. The first kappa shape index (κ1) is 22.0. The van der Waals surface area contributed by atoms with E-state index in [-0.39, 0.29) is 12.6 Å². The molecule has 0 N–H and O–H groups in total. The highest BCUT2D eigenvalue weighted by Gasteiger charge is 2.42.